The van der Waals surface area contributed by atoms with Crippen molar-refractivity contribution < 1.29 is 33.3 Å². The van der Waals surface area contributed by atoms with Crippen LogP contribution in [0.5, 0.6) is 0 Å². The number of carbonyl (C=O) groups is 2. The van der Waals surface area contributed by atoms with E-state index in [9.17, 15) is 9.59 Å². The SMILES string of the molecule is C=C(C)C(=O)OCC1CO1.C=CC(=O)OCCCCOCC1CO1. The molecule has 2 saturated heterocycles. The quantitative estimate of drug-likeness (QED) is 0.243. The zero-order valence-electron chi connectivity index (χ0n) is 14.2. The lowest BCUT2D eigenvalue weighted by atomic mass is 10.3. The number of unbranched alkanes of at least 4 members (excludes halogenated alkanes) is 1. The van der Waals surface area contributed by atoms with Gasteiger partial charge in [-0.25, -0.2) is 9.59 Å². The van der Waals surface area contributed by atoms with Crippen LogP contribution in [0, 0.1) is 0 Å². The second-order valence-electron chi connectivity index (χ2n) is 5.44. The van der Waals surface area contributed by atoms with Gasteiger partial charge in [0.05, 0.1) is 26.4 Å². The Hall–Kier alpha value is -1.70. The number of hydrogen-bond acceptors (Lipinski definition) is 7. The molecule has 0 spiro atoms. The van der Waals surface area contributed by atoms with Crippen molar-refractivity contribution >= 4 is 11.9 Å². The Kier molecular flexibility index (Phi) is 9.98. The molecule has 24 heavy (non-hydrogen) atoms. The number of carbonyl (C=O) groups excluding carboxylic acids is 2. The molecular formula is C17H26O7. The van der Waals surface area contributed by atoms with Crippen LogP contribution in [0.15, 0.2) is 24.8 Å². The van der Waals surface area contributed by atoms with Gasteiger partial charge >= 0.3 is 11.9 Å². The zero-order chi connectivity index (χ0) is 17.8. The summed E-state index contributed by atoms with van der Waals surface area (Å²) in [6.45, 7) is 12.1. The van der Waals surface area contributed by atoms with Crippen LogP contribution in [0.3, 0.4) is 0 Å². The molecule has 2 rings (SSSR count). The highest BCUT2D eigenvalue weighted by Crippen LogP contribution is 2.09. The number of ether oxygens (including phenoxy) is 5. The fourth-order valence-electron chi connectivity index (χ4n) is 1.37. The molecule has 2 heterocycles. The predicted molar refractivity (Wildman–Crippen MR) is 86.5 cm³/mol. The maximum absolute atomic E-state index is 10.7. The fraction of sp³-hybridized carbons (Fsp3) is 0.647. The molecule has 0 amide bonds. The highest BCUT2D eigenvalue weighted by atomic mass is 16.6. The lowest BCUT2D eigenvalue weighted by Crippen LogP contribution is -2.09. The third kappa shape index (κ3) is 11.8. The summed E-state index contributed by atoms with van der Waals surface area (Å²) >= 11 is 0. The Bertz CT molecular complexity index is 425. The fourth-order valence-corrected chi connectivity index (χ4v) is 1.37. The molecule has 7 heteroatoms. The third-order valence-corrected chi connectivity index (χ3v) is 2.95. The minimum Gasteiger partial charge on any atom is -0.463 e. The van der Waals surface area contributed by atoms with Gasteiger partial charge in [-0.2, -0.15) is 0 Å². The minimum atomic E-state index is -0.364. The molecule has 2 atom stereocenters. The topological polar surface area (TPSA) is 86.9 Å². The zero-order valence-corrected chi connectivity index (χ0v) is 14.2. The number of esters is 2. The smallest absolute Gasteiger partial charge is 0.333 e. The molecule has 0 aromatic rings. The van der Waals surface area contributed by atoms with Gasteiger partial charge in [-0.15, -0.1) is 0 Å². The van der Waals surface area contributed by atoms with Crippen LogP contribution in [0.2, 0.25) is 0 Å². The number of hydrogen-bond donors (Lipinski definition) is 0. The average Bonchev–Trinajstić information content (AvgIpc) is 3.46. The van der Waals surface area contributed by atoms with Crippen molar-refractivity contribution in [3.63, 3.8) is 0 Å². The van der Waals surface area contributed by atoms with Crippen LogP contribution in [0.25, 0.3) is 0 Å². The molecule has 0 aromatic carbocycles. The Morgan fingerprint density at radius 2 is 1.67 bits per heavy atom. The summed E-state index contributed by atoms with van der Waals surface area (Å²) in [6, 6.07) is 0. The molecule has 136 valence electrons. The van der Waals surface area contributed by atoms with Crippen LogP contribution < -0.4 is 0 Å². The van der Waals surface area contributed by atoms with Crippen LogP contribution in [-0.4, -0.2) is 63.8 Å². The third-order valence-electron chi connectivity index (χ3n) is 2.95. The van der Waals surface area contributed by atoms with E-state index in [1.54, 1.807) is 6.92 Å². The van der Waals surface area contributed by atoms with Gasteiger partial charge in [0, 0.05) is 18.3 Å². The van der Waals surface area contributed by atoms with Crippen LogP contribution in [0.1, 0.15) is 19.8 Å². The molecule has 0 radical (unpaired) electrons. The van der Waals surface area contributed by atoms with Gasteiger partial charge < -0.3 is 23.7 Å². The van der Waals surface area contributed by atoms with E-state index in [1.165, 1.54) is 6.08 Å². The highest BCUT2D eigenvalue weighted by Gasteiger charge is 2.24. The Morgan fingerprint density at radius 3 is 2.21 bits per heavy atom. The van der Waals surface area contributed by atoms with Gasteiger partial charge in [0.1, 0.15) is 18.8 Å². The Labute approximate surface area is 142 Å². The molecular weight excluding hydrogens is 316 g/mol. The Balaban J connectivity index is 0.000000254. The predicted octanol–water partition coefficient (Wildman–Crippen LogP) is 1.42. The summed E-state index contributed by atoms with van der Waals surface area (Å²) in [5, 5.41) is 0. The molecule has 0 N–H and O–H groups in total. The second-order valence-corrected chi connectivity index (χ2v) is 5.44. The minimum absolute atomic E-state index is 0.142. The first kappa shape index (κ1) is 20.3. The van der Waals surface area contributed by atoms with Gasteiger partial charge in [0.15, 0.2) is 0 Å². The monoisotopic (exact) mass is 342 g/mol. The van der Waals surface area contributed by atoms with Crippen molar-refractivity contribution in [3.05, 3.63) is 24.8 Å². The van der Waals surface area contributed by atoms with Crippen LogP contribution in [-0.2, 0) is 33.3 Å². The van der Waals surface area contributed by atoms with Crippen molar-refractivity contribution in [1.29, 1.82) is 0 Å². The average molecular weight is 342 g/mol. The summed E-state index contributed by atoms with van der Waals surface area (Å²) in [5.41, 5.74) is 0.431. The summed E-state index contributed by atoms with van der Waals surface area (Å²) in [7, 11) is 0. The van der Waals surface area contributed by atoms with E-state index in [4.69, 9.17) is 23.7 Å². The second kappa shape index (κ2) is 11.8. The van der Waals surface area contributed by atoms with E-state index in [0.29, 0.717) is 44.7 Å². The van der Waals surface area contributed by atoms with E-state index < -0.39 is 0 Å². The molecule has 2 fully saturated rings. The number of epoxide rings is 2. The first-order valence-corrected chi connectivity index (χ1v) is 7.95. The van der Waals surface area contributed by atoms with Gasteiger partial charge in [0.25, 0.3) is 0 Å². The molecule has 0 saturated carbocycles. The largest absolute Gasteiger partial charge is 0.463 e. The van der Waals surface area contributed by atoms with Gasteiger partial charge in [0.2, 0.25) is 0 Å². The summed E-state index contributed by atoms with van der Waals surface area (Å²) < 4.78 is 24.7. The van der Waals surface area contributed by atoms with Crippen molar-refractivity contribution in [2.45, 2.75) is 32.0 Å². The van der Waals surface area contributed by atoms with Crippen LogP contribution in [0.4, 0.5) is 0 Å². The summed E-state index contributed by atoms with van der Waals surface area (Å²) in [6.07, 6.45) is 3.36. The Morgan fingerprint density at radius 1 is 1.08 bits per heavy atom. The van der Waals surface area contributed by atoms with E-state index in [0.717, 1.165) is 19.4 Å². The number of rotatable bonds is 11. The van der Waals surface area contributed by atoms with Crippen molar-refractivity contribution in [1.82, 2.24) is 0 Å². The summed E-state index contributed by atoms with van der Waals surface area (Å²) in [5.74, 6) is -0.701. The molecule has 0 aliphatic carbocycles. The lowest BCUT2D eigenvalue weighted by Gasteiger charge is -2.02. The standard InChI is InChI=1S/C10H16O4.C7H10O3/c1-2-10(11)13-6-4-3-5-12-7-9-8-14-9;1-5(2)7(8)10-4-6-3-9-6/h2,9H,1,3-8H2;6H,1,3-4H2,2H3. The summed E-state index contributed by atoms with van der Waals surface area (Å²) in [4.78, 5) is 21.3. The highest BCUT2D eigenvalue weighted by molar-refractivity contribution is 5.86. The molecule has 2 unspecified atom stereocenters. The maximum atomic E-state index is 10.7. The van der Waals surface area contributed by atoms with Crippen LogP contribution >= 0.6 is 0 Å². The molecule has 2 aliphatic rings. The maximum Gasteiger partial charge on any atom is 0.333 e. The first-order valence-electron chi connectivity index (χ1n) is 7.95. The van der Waals surface area contributed by atoms with Gasteiger partial charge in [-0.3, -0.25) is 0 Å². The van der Waals surface area contributed by atoms with E-state index in [1.807, 2.05) is 0 Å². The van der Waals surface area contributed by atoms with Crippen molar-refractivity contribution in [2.24, 2.45) is 0 Å². The molecule has 0 aromatic heterocycles. The van der Waals surface area contributed by atoms with E-state index in [2.05, 4.69) is 13.2 Å². The normalized spacial score (nSPS) is 20.2. The van der Waals surface area contributed by atoms with E-state index in [-0.39, 0.29) is 18.0 Å². The van der Waals surface area contributed by atoms with Gasteiger partial charge in [-0.1, -0.05) is 13.2 Å². The molecule has 7 nitrogen and oxygen atoms in total. The van der Waals surface area contributed by atoms with Gasteiger partial charge in [-0.05, 0) is 19.8 Å². The van der Waals surface area contributed by atoms with Crippen molar-refractivity contribution in [2.75, 3.05) is 39.6 Å². The molecule has 0 bridgehead atoms. The first-order chi connectivity index (χ1) is 11.5. The molecule has 2 aliphatic heterocycles. The van der Waals surface area contributed by atoms with Crippen molar-refractivity contribution in [3.8, 4) is 0 Å². The lowest BCUT2D eigenvalue weighted by molar-refractivity contribution is -0.139. The van der Waals surface area contributed by atoms with E-state index >= 15 is 0 Å².